The normalized spacial score (nSPS) is 11.6. The molecule has 6 N–H and O–H groups in total. The molecule has 2 atom stereocenters. The third-order valence-corrected chi connectivity index (χ3v) is 5.75. The van der Waals surface area contributed by atoms with Crippen molar-refractivity contribution in [1.29, 1.82) is 0 Å². The molecule has 0 fully saturated rings. The van der Waals surface area contributed by atoms with Gasteiger partial charge in [0, 0.05) is 41.0 Å². The second kappa shape index (κ2) is 17.5. The van der Waals surface area contributed by atoms with Gasteiger partial charge in [0.25, 0.3) is 5.91 Å². The summed E-state index contributed by atoms with van der Waals surface area (Å²) >= 11 is 0. The van der Waals surface area contributed by atoms with Crippen LogP contribution < -0.4 is 32.5 Å². The molecular formula is C31H44N4O5. The molecule has 0 bridgehead atoms. The Morgan fingerprint density at radius 2 is 1.70 bits per heavy atom. The summed E-state index contributed by atoms with van der Waals surface area (Å²) in [6.45, 7) is 16.4. The predicted molar refractivity (Wildman–Crippen MR) is 162 cm³/mol. The molecule has 2 aromatic carbocycles. The van der Waals surface area contributed by atoms with Crippen LogP contribution in [0.5, 0.6) is 5.75 Å². The lowest BCUT2D eigenvalue weighted by atomic mass is 10.1. The quantitative estimate of drug-likeness (QED) is 0.175. The summed E-state index contributed by atoms with van der Waals surface area (Å²) in [5, 5.41) is 6.72. The molecule has 2 amide bonds. The molecule has 0 aliphatic heterocycles. The number of amides is 2. The van der Waals surface area contributed by atoms with E-state index in [1.165, 1.54) is 6.07 Å². The van der Waals surface area contributed by atoms with Gasteiger partial charge in [0.2, 0.25) is 12.0 Å². The third kappa shape index (κ3) is 10.2. The molecule has 9 heteroatoms. The summed E-state index contributed by atoms with van der Waals surface area (Å²) < 4.78 is 11.1. The Hall–Kier alpha value is -4.11. The van der Waals surface area contributed by atoms with E-state index in [1.54, 1.807) is 49.4 Å². The van der Waals surface area contributed by atoms with Crippen LogP contribution in [0.3, 0.4) is 0 Å². The van der Waals surface area contributed by atoms with E-state index < -0.39 is 23.7 Å². The highest BCUT2D eigenvalue weighted by Crippen LogP contribution is 2.27. The van der Waals surface area contributed by atoms with E-state index in [4.69, 9.17) is 20.6 Å². The van der Waals surface area contributed by atoms with Gasteiger partial charge in [-0.2, -0.15) is 0 Å². The summed E-state index contributed by atoms with van der Waals surface area (Å²) in [7, 11) is 0. The number of hydrogen-bond donors (Lipinski definition) is 4. The molecule has 40 heavy (non-hydrogen) atoms. The number of aryl methyl sites for hydroxylation is 1. The number of primary amides is 1. The van der Waals surface area contributed by atoms with Crippen molar-refractivity contribution >= 4 is 28.5 Å². The molecule has 0 radical (unpaired) electrons. The molecule has 3 aromatic rings. The number of carbonyl (C=O) groups excluding carboxylic acids is 2. The molecule has 218 valence electrons. The van der Waals surface area contributed by atoms with Gasteiger partial charge < -0.3 is 31.3 Å². The lowest BCUT2D eigenvalue weighted by molar-refractivity contribution is -0.125. The fourth-order valence-electron chi connectivity index (χ4n) is 3.62. The Labute approximate surface area is 237 Å². The second-order valence-corrected chi connectivity index (χ2v) is 8.55. The zero-order valence-electron chi connectivity index (χ0n) is 24.5. The molecule has 1 heterocycles. The largest absolute Gasteiger partial charge is 0.476 e. The first kappa shape index (κ1) is 33.9. The van der Waals surface area contributed by atoms with E-state index in [9.17, 15) is 14.4 Å². The van der Waals surface area contributed by atoms with Crippen molar-refractivity contribution < 1.29 is 18.7 Å². The molecule has 0 saturated carbocycles. The molecule has 9 nitrogen and oxygen atoms in total. The van der Waals surface area contributed by atoms with E-state index in [2.05, 4.69) is 17.2 Å². The number of hydrogen-bond acceptors (Lipinski definition) is 7. The van der Waals surface area contributed by atoms with Gasteiger partial charge in [-0.1, -0.05) is 53.3 Å². The predicted octanol–water partition coefficient (Wildman–Crippen LogP) is 5.32. The molecule has 0 aliphatic rings. The monoisotopic (exact) mass is 552 g/mol. The Bertz CT molecular complexity index is 1300. The lowest BCUT2D eigenvalue weighted by Gasteiger charge is -2.18. The third-order valence-electron chi connectivity index (χ3n) is 5.75. The zero-order chi connectivity index (χ0) is 30.2. The SMILES string of the molecule is C=C(CC)NCCCC(N)C(=O)Nc1ccc(C(Oc2ccc3c(C)cc(=O)oc3c2)C(N)=O)cc1.CC.CC. The first-order valence-corrected chi connectivity index (χ1v) is 13.8. The summed E-state index contributed by atoms with van der Waals surface area (Å²) in [6.07, 6.45) is 1.03. The minimum absolute atomic E-state index is 0.298. The molecule has 3 rings (SSSR count). The van der Waals surface area contributed by atoms with E-state index in [-0.39, 0.29) is 5.91 Å². The van der Waals surface area contributed by atoms with Crippen molar-refractivity contribution in [3.63, 3.8) is 0 Å². The molecule has 0 aliphatic carbocycles. The van der Waals surface area contributed by atoms with E-state index in [0.29, 0.717) is 35.5 Å². The number of ether oxygens (including phenoxy) is 1. The zero-order valence-corrected chi connectivity index (χ0v) is 24.5. The summed E-state index contributed by atoms with van der Waals surface area (Å²) in [6, 6.07) is 12.3. The van der Waals surface area contributed by atoms with Crippen LogP contribution in [0.25, 0.3) is 11.0 Å². The molecule has 0 saturated heterocycles. The number of nitrogens with one attached hydrogen (secondary N) is 2. The van der Waals surface area contributed by atoms with Crippen molar-refractivity contribution in [3.05, 3.63) is 82.4 Å². The number of anilines is 1. The maximum Gasteiger partial charge on any atom is 0.336 e. The minimum Gasteiger partial charge on any atom is -0.476 e. The van der Waals surface area contributed by atoms with Crippen LogP contribution in [-0.4, -0.2) is 24.4 Å². The molecule has 0 spiro atoms. The van der Waals surface area contributed by atoms with Gasteiger partial charge in [-0.3, -0.25) is 9.59 Å². The van der Waals surface area contributed by atoms with Crippen LogP contribution in [0.15, 0.2) is 70.0 Å². The van der Waals surface area contributed by atoms with Gasteiger partial charge in [0.05, 0.1) is 6.04 Å². The second-order valence-electron chi connectivity index (χ2n) is 8.55. The summed E-state index contributed by atoms with van der Waals surface area (Å²) in [5.41, 5.74) is 14.2. The van der Waals surface area contributed by atoms with Gasteiger partial charge in [0.15, 0.2) is 0 Å². The van der Waals surface area contributed by atoms with Gasteiger partial charge >= 0.3 is 5.63 Å². The number of fused-ring (bicyclic) bond motifs is 1. The van der Waals surface area contributed by atoms with Crippen molar-refractivity contribution in [3.8, 4) is 5.75 Å². The number of rotatable bonds is 12. The van der Waals surface area contributed by atoms with Crippen LogP contribution in [0.1, 0.15) is 71.1 Å². The highest BCUT2D eigenvalue weighted by Gasteiger charge is 2.21. The maximum atomic E-state index is 12.4. The Morgan fingerprint density at radius 1 is 1.05 bits per heavy atom. The smallest absolute Gasteiger partial charge is 0.336 e. The van der Waals surface area contributed by atoms with E-state index in [0.717, 1.165) is 29.5 Å². The standard InChI is InChI=1S/C27H32N4O5.2C2H6/c1-4-17(3)30-13-5-6-22(28)27(34)31-19-9-7-18(8-10-19)25(26(29)33)35-20-11-12-21-16(2)14-24(32)36-23(21)15-20;2*1-2/h7-12,14-15,22,25,30H,3-6,13,28H2,1-2H3,(H2,29,33)(H,31,34);2*1-2H3. The van der Waals surface area contributed by atoms with Crippen molar-refractivity contribution in [2.24, 2.45) is 11.5 Å². The van der Waals surface area contributed by atoms with Crippen LogP contribution in [0.2, 0.25) is 0 Å². The van der Waals surface area contributed by atoms with Crippen LogP contribution in [0.4, 0.5) is 5.69 Å². The Kier molecular flexibility index (Phi) is 14.8. The van der Waals surface area contributed by atoms with Gasteiger partial charge in [-0.15, -0.1) is 0 Å². The van der Waals surface area contributed by atoms with Crippen molar-refractivity contribution in [2.45, 2.75) is 73.0 Å². The minimum atomic E-state index is -1.09. The molecule has 1 aromatic heterocycles. The van der Waals surface area contributed by atoms with Crippen LogP contribution in [0, 0.1) is 6.92 Å². The lowest BCUT2D eigenvalue weighted by Crippen LogP contribution is -2.36. The number of nitrogens with two attached hydrogens (primary N) is 2. The Morgan fingerprint density at radius 3 is 2.30 bits per heavy atom. The highest BCUT2D eigenvalue weighted by atomic mass is 16.5. The van der Waals surface area contributed by atoms with Gasteiger partial charge in [0.1, 0.15) is 11.3 Å². The highest BCUT2D eigenvalue weighted by molar-refractivity contribution is 5.94. The molecular weight excluding hydrogens is 508 g/mol. The Balaban J connectivity index is 0.00000191. The summed E-state index contributed by atoms with van der Waals surface area (Å²) in [4.78, 5) is 36.3. The van der Waals surface area contributed by atoms with Gasteiger partial charge in [-0.25, -0.2) is 4.79 Å². The number of benzene rings is 2. The van der Waals surface area contributed by atoms with E-state index >= 15 is 0 Å². The van der Waals surface area contributed by atoms with Crippen molar-refractivity contribution in [1.82, 2.24) is 5.32 Å². The average Bonchev–Trinajstić information content (AvgIpc) is 2.96. The first-order valence-electron chi connectivity index (χ1n) is 13.8. The van der Waals surface area contributed by atoms with Crippen LogP contribution in [-0.2, 0) is 9.59 Å². The molecule has 2 unspecified atom stereocenters. The topological polar surface area (TPSA) is 150 Å². The fraction of sp³-hybridized carbons (Fsp3) is 0.387. The summed E-state index contributed by atoms with van der Waals surface area (Å²) in [5.74, 6) is -0.674. The van der Waals surface area contributed by atoms with Gasteiger partial charge in [-0.05, 0) is 56.0 Å². The average molecular weight is 553 g/mol. The van der Waals surface area contributed by atoms with Crippen molar-refractivity contribution in [2.75, 3.05) is 11.9 Å². The van der Waals surface area contributed by atoms with E-state index in [1.807, 2.05) is 34.6 Å². The maximum absolute atomic E-state index is 12.4. The fourth-order valence-corrected chi connectivity index (χ4v) is 3.62. The number of allylic oxidation sites excluding steroid dienone is 1. The first-order chi connectivity index (χ1) is 19.2. The van der Waals surface area contributed by atoms with Crippen LogP contribution >= 0.6 is 0 Å². The number of carbonyl (C=O) groups is 2.